The first-order valence-electron chi connectivity index (χ1n) is 5.87. The average molecular weight is 318 g/mol. The van der Waals surface area contributed by atoms with Crippen molar-refractivity contribution in [3.8, 4) is 0 Å². The summed E-state index contributed by atoms with van der Waals surface area (Å²) >= 11 is 0. The minimum atomic E-state index is -3.99. The number of amides is 2. The van der Waals surface area contributed by atoms with Gasteiger partial charge in [-0.3, -0.25) is 0 Å². The van der Waals surface area contributed by atoms with Gasteiger partial charge in [0.1, 0.15) is 0 Å². The molecule has 1 aliphatic rings. The van der Waals surface area contributed by atoms with Crippen LogP contribution in [0, 0.1) is 0 Å². The number of anilines is 1. The van der Waals surface area contributed by atoms with Crippen LogP contribution in [0.25, 0.3) is 0 Å². The number of hydrogen-bond acceptors (Lipinski definition) is 5. The zero-order chi connectivity index (χ0) is 14.8. The summed E-state index contributed by atoms with van der Waals surface area (Å²) in [5, 5.41) is 1.29. The van der Waals surface area contributed by atoms with E-state index in [2.05, 4.69) is 5.32 Å². The van der Waals surface area contributed by atoms with E-state index < -0.39 is 36.9 Å². The third-order valence-electron chi connectivity index (χ3n) is 2.90. The van der Waals surface area contributed by atoms with Crippen LogP contribution >= 0.6 is 0 Å². The summed E-state index contributed by atoms with van der Waals surface area (Å²) in [6, 6.07) is 7.43. The Morgan fingerprint density at radius 2 is 1.85 bits per heavy atom. The van der Waals surface area contributed by atoms with Gasteiger partial charge in [0.15, 0.2) is 9.84 Å². The maximum Gasteiger partial charge on any atom is 0.332 e. The molecule has 1 heterocycles. The van der Waals surface area contributed by atoms with Gasteiger partial charge in [0, 0.05) is 5.69 Å². The Kier molecular flexibility index (Phi) is 4.00. The van der Waals surface area contributed by atoms with Crippen LogP contribution in [-0.4, -0.2) is 39.6 Å². The quantitative estimate of drug-likeness (QED) is 0.834. The molecule has 0 bridgehead atoms. The average Bonchev–Trinajstić information content (AvgIpc) is 2.71. The summed E-state index contributed by atoms with van der Waals surface area (Å²) in [6.07, 6.45) is 0.0102. The Morgan fingerprint density at radius 1 is 1.20 bits per heavy atom. The van der Waals surface area contributed by atoms with Crippen molar-refractivity contribution in [1.29, 1.82) is 0 Å². The number of carbonyl (C=O) groups excluding carboxylic acids is 1. The summed E-state index contributed by atoms with van der Waals surface area (Å²) in [5.41, 5.74) is 0.444. The summed E-state index contributed by atoms with van der Waals surface area (Å²) in [5.74, 6) is -0.611. The van der Waals surface area contributed by atoms with Crippen molar-refractivity contribution in [2.24, 2.45) is 0 Å². The van der Waals surface area contributed by atoms with Crippen LogP contribution in [0.3, 0.4) is 0 Å². The van der Waals surface area contributed by atoms with Gasteiger partial charge >= 0.3 is 6.03 Å². The van der Waals surface area contributed by atoms with Gasteiger partial charge in [-0.25, -0.2) is 26.4 Å². The van der Waals surface area contributed by atoms with Crippen LogP contribution in [0.5, 0.6) is 0 Å². The van der Waals surface area contributed by atoms with Gasteiger partial charge in [0.05, 0.1) is 16.8 Å². The van der Waals surface area contributed by atoms with Crippen molar-refractivity contribution in [3.63, 3.8) is 0 Å². The zero-order valence-electron chi connectivity index (χ0n) is 10.4. The highest BCUT2D eigenvalue weighted by atomic mass is 32.2. The maximum atomic E-state index is 11.9. The van der Waals surface area contributed by atoms with Crippen molar-refractivity contribution in [2.45, 2.75) is 11.7 Å². The summed E-state index contributed by atoms with van der Waals surface area (Å²) in [6.45, 7) is 0. The highest BCUT2D eigenvalue weighted by molar-refractivity contribution is 7.95. The molecule has 7 nitrogen and oxygen atoms in total. The third-order valence-corrected chi connectivity index (χ3v) is 6.62. The summed E-state index contributed by atoms with van der Waals surface area (Å²) in [7, 11) is -7.32. The minimum absolute atomic E-state index is 0.0102. The van der Waals surface area contributed by atoms with Crippen molar-refractivity contribution < 1.29 is 21.6 Å². The first-order chi connectivity index (χ1) is 9.28. The third kappa shape index (κ3) is 3.70. The van der Waals surface area contributed by atoms with E-state index in [0.29, 0.717) is 5.69 Å². The van der Waals surface area contributed by atoms with Crippen LogP contribution in [0.1, 0.15) is 6.42 Å². The van der Waals surface area contributed by atoms with Gasteiger partial charge in [0.25, 0.3) is 0 Å². The molecule has 2 N–H and O–H groups in total. The highest BCUT2D eigenvalue weighted by Crippen LogP contribution is 2.18. The zero-order valence-corrected chi connectivity index (χ0v) is 12.1. The molecule has 9 heteroatoms. The van der Waals surface area contributed by atoms with E-state index in [0.717, 1.165) is 0 Å². The van der Waals surface area contributed by atoms with Crippen molar-refractivity contribution in [3.05, 3.63) is 30.3 Å². The topological polar surface area (TPSA) is 109 Å². The van der Waals surface area contributed by atoms with E-state index >= 15 is 0 Å². The smallest absolute Gasteiger partial charge is 0.307 e. The van der Waals surface area contributed by atoms with Crippen molar-refractivity contribution in [1.82, 2.24) is 4.72 Å². The molecule has 0 spiro atoms. The first-order valence-corrected chi connectivity index (χ1v) is 9.23. The number of hydrogen-bond donors (Lipinski definition) is 2. The lowest BCUT2D eigenvalue weighted by molar-refractivity contribution is 0.256. The van der Waals surface area contributed by atoms with E-state index in [1.165, 1.54) is 0 Å². The molecule has 1 atom stereocenters. The Hall–Kier alpha value is -1.61. The molecule has 2 amide bonds. The van der Waals surface area contributed by atoms with E-state index in [-0.39, 0.29) is 12.2 Å². The molecule has 1 fully saturated rings. The molecule has 1 aliphatic heterocycles. The lowest BCUT2D eigenvalue weighted by atomic mass is 10.3. The predicted octanol–water partition coefficient (Wildman–Crippen LogP) is 0.325. The largest absolute Gasteiger partial charge is 0.332 e. The second-order valence-electron chi connectivity index (χ2n) is 4.49. The lowest BCUT2D eigenvalue weighted by Gasteiger charge is -2.12. The molecule has 0 unspecified atom stereocenters. The highest BCUT2D eigenvalue weighted by Gasteiger charge is 2.38. The molecule has 1 aromatic carbocycles. The van der Waals surface area contributed by atoms with Crippen LogP contribution in [0.15, 0.2) is 30.3 Å². The molecule has 20 heavy (non-hydrogen) atoms. The molecular weight excluding hydrogens is 304 g/mol. The van der Waals surface area contributed by atoms with E-state index in [4.69, 9.17) is 0 Å². The fraction of sp³-hybridized carbons (Fsp3) is 0.364. The molecule has 1 aromatic rings. The van der Waals surface area contributed by atoms with Crippen LogP contribution in [0.4, 0.5) is 10.5 Å². The van der Waals surface area contributed by atoms with Crippen LogP contribution in [0.2, 0.25) is 0 Å². The molecule has 0 saturated carbocycles. The van der Waals surface area contributed by atoms with Gasteiger partial charge in [-0.1, -0.05) is 18.2 Å². The van der Waals surface area contributed by atoms with Crippen LogP contribution in [-0.2, 0) is 19.9 Å². The molecule has 1 saturated heterocycles. The normalized spacial score (nSPS) is 21.3. The number of benzene rings is 1. The van der Waals surface area contributed by atoms with Crippen LogP contribution < -0.4 is 10.0 Å². The maximum absolute atomic E-state index is 11.9. The second kappa shape index (κ2) is 5.41. The number of sulfonamides is 1. The Labute approximate surface area is 117 Å². The SMILES string of the molecule is O=C(Nc1ccccc1)NS(=O)(=O)[C@H]1CCS(=O)(=O)C1. The minimum Gasteiger partial charge on any atom is -0.307 e. The number of sulfone groups is 1. The van der Waals surface area contributed by atoms with E-state index in [9.17, 15) is 21.6 Å². The first kappa shape index (κ1) is 14.8. The second-order valence-corrected chi connectivity index (χ2v) is 8.68. The molecular formula is C11H14N2O5S2. The molecule has 2 rings (SSSR count). The standard InChI is InChI=1S/C11H14N2O5S2/c14-11(12-9-4-2-1-3-5-9)13-20(17,18)10-6-7-19(15,16)8-10/h1-5,10H,6-8H2,(H2,12,13,14)/t10-/m0/s1. The number of carbonyl (C=O) groups is 1. The summed E-state index contributed by atoms with van der Waals surface area (Å²) < 4.78 is 48.2. The number of urea groups is 1. The van der Waals surface area contributed by atoms with Gasteiger partial charge in [-0.2, -0.15) is 0 Å². The predicted molar refractivity (Wildman–Crippen MR) is 74.6 cm³/mol. The monoisotopic (exact) mass is 318 g/mol. The van der Waals surface area contributed by atoms with E-state index in [1.807, 2.05) is 4.72 Å². The molecule has 0 radical (unpaired) electrons. The molecule has 110 valence electrons. The number of nitrogens with one attached hydrogen (secondary N) is 2. The van der Waals surface area contributed by atoms with E-state index in [1.54, 1.807) is 30.3 Å². The van der Waals surface area contributed by atoms with Gasteiger partial charge in [-0.05, 0) is 18.6 Å². The molecule has 0 aliphatic carbocycles. The Morgan fingerprint density at radius 3 is 2.40 bits per heavy atom. The van der Waals surface area contributed by atoms with Crippen molar-refractivity contribution >= 4 is 31.6 Å². The fourth-order valence-electron chi connectivity index (χ4n) is 1.90. The number of para-hydroxylation sites is 1. The van der Waals surface area contributed by atoms with Gasteiger partial charge < -0.3 is 5.32 Å². The van der Waals surface area contributed by atoms with Gasteiger partial charge in [-0.15, -0.1) is 0 Å². The number of rotatable bonds is 3. The van der Waals surface area contributed by atoms with Gasteiger partial charge in [0.2, 0.25) is 10.0 Å². The molecule has 0 aromatic heterocycles. The van der Waals surface area contributed by atoms with Crippen molar-refractivity contribution in [2.75, 3.05) is 16.8 Å². The Bertz CT molecular complexity index is 698. The summed E-state index contributed by atoms with van der Waals surface area (Å²) in [4.78, 5) is 11.6. The fourth-order valence-corrected chi connectivity index (χ4v) is 5.83. The lowest BCUT2D eigenvalue weighted by Crippen LogP contribution is -2.41. The Balaban J connectivity index is 2.00.